The Balaban J connectivity index is 1.54. The second kappa shape index (κ2) is 10.4. The number of thiocarbonyl (C=S) groups is 1. The van der Waals surface area contributed by atoms with Crippen molar-refractivity contribution in [3.05, 3.63) is 101 Å². The van der Waals surface area contributed by atoms with Crippen molar-refractivity contribution in [2.45, 2.75) is 39.0 Å². The molecule has 2 N–H and O–H groups in total. The second-order valence-corrected chi connectivity index (χ2v) is 9.12. The van der Waals surface area contributed by atoms with E-state index in [0.29, 0.717) is 16.2 Å². The maximum Gasteiger partial charge on any atom is 0.193 e. The first-order valence-corrected chi connectivity index (χ1v) is 11.1. The number of nitrogens with one attached hydrogen (secondary N) is 2. The van der Waals surface area contributed by atoms with Crippen LogP contribution in [0.2, 0.25) is 0 Å². The molecule has 3 aromatic rings. The van der Waals surface area contributed by atoms with E-state index in [1.807, 2.05) is 54.6 Å². The zero-order chi connectivity index (χ0) is 22.3. The lowest BCUT2D eigenvalue weighted by Gasteiger charge is -2.19. The summed E-state index contributed by atoms with van der Waals surface area (Å²) < 4.78 is 0. The van der Waals surface area contributed by atoms with Gasteiger partial charge in [0, 0.05) is 23.4 Å². The van der Waals surface area contributed by atoms with Crippen LogP contribution in [0.4, 0.5) is 5.69 Å². The fraction of sp³-hybridized carbons (Fsp3) is 0.259. The largest absolute Gasteiger partial charge is 0.362 e. The lowest BCUT2D eigenvalue weighted by Crippen LogP contribution is -2.29. The summed E-state index contributed by atoms with van der Waals surface area (Å²) in [5.41, 5.74) is 4.73. The Kier molecular flexibility index (Phi) is 7.59. The third-order valence-electron chi connectivity index (χ3n) is 5.17. The molecule has 0 aliphatic carbocycles. The molecule has 0 atom stereocenters. The average molecular weight is 431 g/mol. The molecule has 31 heavy (non-hydrogen) atoms. The van der Waals surface area contributed by atoms with Crippen LogP contribution < -0.4 is 10.6 Å². The maximum absolute atomic E-state index is 12.9. The third kappa shape index (κ3) is 6.76. The number of benzene rings is 3. The lowest BCUT2D eigenvalue weighted by atomic mass is 9.86. The molecule has 0 aliphatic rings. The number of anilines is 1. The normalized spacial score (nSPS) is 11.1. The summed E-state index contributed by atoms with van der Waals surface area (Å²) in [6, 6.07) is 25.8. The first-order chi connectivity index (χ1) is 14.8. The highest BCUT2D eigenvalue weighted by Gasteiger charge is 2.15. The highest BCUT2D eigenvalue weighted by Crippen LogP contribution is 2.23. The highest BCUT2D eigenvalue weighted by molar-refractivity contribution is 7.80. The molecule has 0 fully saturated rings. The SMILES string of the molecule is CC(C)(C)c1ccc(C(=O)c2cccc(NC(=S)NCCCc3ccccc3)c2)cc1. The van der Waals surface area contributed by atoms with Crippen molar-refractivity contribution in [2.24, 2.45) is 0 Å². The molecule has 3 nitrogen and oxygen atoms in total. The van der Waals surface area contributed by atoms with Gasteiger partial charge in [0.15, 0.2) is 10.9 Å². The van der Waals surface area contributed by atoms with Gasteiger partial charge in [0.2, 0.25) is 0 Å². The summed E-state index contributed by atoms with van der Waals surface area (Å²) in [5.74, 6) is 0.00541. The summed E-state index contributed by atoms with van der Waals surface area (Å²) in [7, 11) is 0. The van der Waals surface area contributed by atoms with E-state index in [1.165, 1.54) is 11.1 Å². The molecule has 0 heterocycles. The van der Waals surface area contributed by atoms with Gasteiger partial charge in [-0.05, 0) is 53.7 Å². The van der Waals surface area contributed by atoms with Crippen LogP contribution in [0.15, 0.2) is 78.9 Å². The molecule has 0 bridgehead atoms. The molecule has 3 rings (SSSR count). The van der Waals surface area contributed by atoms with Crippen molar-refractivity contribution >= 4 is 28.8 Å². The molecule has 0 spiro atoms. The minimum atomic E-state index is 0.00541. The monoisotopic (exact) mass is 430 g/mol. The number of carbonyl (C=O) groups is 1. The molecular formula is C27H30N2OS. The van der Waals surface area contributed by atoms with Gasteiger partial charge in [0.25, 0.3) is 0 Å². The van der Waals surface area contributed by atoms with Crippen LogP contribution in [0.1, 0.15) is 54.2 Å². The number of hydrogen-bond donors (Lipinski definition) is 2. The fourth-order valence-electron chi connectivity index (χ4n) is 3.34. The van der Waals surface area contributed by atoms with Crippen LogP contribution in [0.5, 0.6) is 0 Å². The molecule has 0 saturated carbocycles. The molecule has 160 valence electrons. The van der Waals surface area contributed by atoms with Gasteiger partial charge in [-0.3, -0.25) is 4.79 Å². The van der Waals surface area contributed by atoms with Gasteiger partial charge in [0.05, 0.1) is 0 Å². The number of carbonyl (C=O) groups excluding carboxylic acids is 1. The minimum Gasteiger partial charge on any atom is -0.362 e. The first kappa shape index (κ1) is 22.7. The van der Waals surface area contributed by atoms with E-state index in [2.05, 4.69) is 55.7 Å². The molecule has 0 saturated heterocycles. The summed E-state index contributed by atoms with van der Waals surface area (Å²) in [6.07, 6.45) is 2.00. The molecule has 0 unspecified atom stereocenters. The van der Waals surface area contributed by atoms with Crippen molar-refractivity contribution in [2.75, 3.05) is 11.9 Å². The van der Waals surface area contributed by atoms with E-state index in [4.69, 9.17) is 12.2 Å². The van der Waals surface area contributed by atoms with E-state index in [-0.39, 0.29) is 11.2 Å². The van der Waals surface area contributed by atoms with Gasteiger partial charge in [-0.2, -0.15) is 0 Å². The van der Waals surface area contributed by atoms with Gasteiger partial charge in [-0.25, -0.2) is 0 Å². The molecular weight excluding hydrogens is 400 g/mol. The first-order valence-electron chi connectivity index (χ1n) is 10.7. The van der Waals surface area contributed by atoms with E-state index in [9.17, 15) is 4.79 Å². The smallest absolute Gasteiger partial charge is 0.193 e. The zero-order valence-corrected chi connectivity index (χ0v) is 19.3. The van der Waals surface area contributed by atoms with Gasteiger partial charge in [0.1, 0.15) is 0 Å². The summed E-state index contributed by atoms with van der Waals surface area (Å²) >= 11 is 5.41. The lowest BCUT2D eigenvalue weighted by molar-refractivity contribution is 0.103. The summed E-state index contributed by atoms with van der Waals surface area (Å²) in [6.45, 7) is 7.28. The quantitative estimate of drug-likeness (QED) is 0.269. The Hall–Kier alpha value is -2.98. The van der Waals surface area contributed by atoms with Crippen LogP contribution in [-0.4, -0.2) is 17.4 Å². The van der Waals surface area contributed by atoms with Crippen molar-refractivity contribution in [1.29, 1.82) is 0 Å². The highest BCUT2D eigenvalue weighted by atomic mass is 32.1. The Bertz CT molecular complexity index is 1020. The Morgan fingerprint density at radius 1 is 0.871 bits per heavy atom. The van der Waals surface area contributed by atoms with Crippen LogP contribution >= 0.6 is 12.2 Å². The molecule has 0 amide bonds. The van der Waals surface area contributed by atoms with E-state index in [0.717, 1.165) is 25.1 Å². The predicted octanol–water partition coefficient (Wildman–Crippen LogP) is 6.13. The standard InChI is InChI=1S/C27H30N2OS/c1-27(2,3)23-16-14-21(15-17-23)25(30)22-12-7-13-24(19-22)29-26(31)28-18-8-11-20-9-5-4-6-10-20/h4-7,9-10,12-17,19H,8,11,18H2,1-3H3,(H2,28,29,31). The second-order valence-electron chi connectivity index (χ2n) is 8.71. The fourth-order valence-corrected chi connectivity index (χ4v) is 3.56. The van der Waals surface area contributed by atoms with E-state index in [1.54, 1.807) is 0 Å². The average Bonchev–Trinajstić information content (AvgIpc) is 2.76. The molecule has 0 radical (unpaired) electrons. The molecule has 3 aromatic carbocycles. The van der Waals surface area contributed by atoms with Crippen LogP contribution in [0.25, 0.3) is 0 Å². The molecule has 0 aliphatic heterocycles. The minimum absolute atomic E-state index is 0.00541. The van der Waals surface area contributed by atoms with Crippen LogP contribution in [-0.2, 0) is 11.8 Å². The molecule has 4 heteroatoms. The number of ketones is 1. The van der Waals surface area contributed by atoms with Crippen molar-refractivity contribution in [1.82, 2.24) is 5.32 Å². The Morgan fingerprint density at radius 2 is 1.58 bits per heavy atom. The number of rotatable bonds is 7. The van der Waals surface area contributed by atoms with Gasteiger partial charge in [-0.15, -0.1) is 0 Å². The zero-order valence-electron chi connectivity index (χ0n) is 18.4. The third-order valence-corrected chi connectivity index (χ3v) is 5.41. The number of hydrogen-bond acceptors (Lipinski definition) is 2. The van der Waals surface area contributed by atoms with Gasteiger partial charge >= 0.3 is 0 Å². The summed E-state index contributed by atoms with van der Waals surface area (Å²) in [5, 5.41) is 6.98. The molecule has 0 aromatic heterocycles. The number of aryl methyl sites for hydroxylation is 1. The van der Waals surface area contributed by atoms with Crippen molar-refractivity contribution in [3.8, 4) is 0 Å². The Labute approximate surface area is 190 Å². The van der Waals surface area contributed by atoms with Gasteiger partial charge in [-0.1, -0.05) is 87.5 Å². The van der Waals surface area contributed by atoms with Crippen LogP contribution in [0.3, 0.4) is 0 Å². The van der Waals surface area contributed by atoms with E-state index >= 15 is 0 Å². The van der Waals surface area contributed by atoms with Gasteiger partial charge < -0.3 is 10.6 Å². The maximum atomic E-state index is 12.9. The topological polar surface area (TPSA) is 41.1 Å². The van der Waals surface area contributed by atoms with Crippen molar-refractivity contribution < 1.29 is 4.79 Å². The Morgan fingerprint density at radius 3 is 2.26 bits per heavy atom. The predicted molar refractivity (Wildman–Crippen MR) is 134 cm³/mol. The van der Waals surface area contributed by atoms with Crippen molar-refractivity contribution in [3.63, 3.8) is 0 Å². The summed E-state index contributed by atoms with van der Waals surface area (Å²) in [4.78, 5) is 12.9. The van der Waals surface area contributed by atoms with Crippen LogP contribution in [0, 0.1) is 0 Å². The van der Waals surface area contributed by atoms with E-state index < -0.39 is 0 Å².